The van der Waals surface area contributed by atoms with Crippen molar-refractivity contribution in [3.8, 4) is 0 Å². The second-order valence-electron chi connectivity index (χ2n) is 4.44. The molecule has 0 bridgehead atoms. The zero-order chi connectivity index (χ0) is 13.4. The van der Waals surface area contributed by atoms with Crippen LogP contribution in [-0.2, 0) is 10.0 Å². The van der Waals surface area contributed by atoms with E-state index in [2.05, 4.69) is 16.1 Å². The van der Waals surface area contributed by atoms with E-state index >= 15 is 0 Å². The molecule has 0 saturated heterocycles. The monoisotopic (exact) mass is 359 g/mol. The minimum absolute atomic E-state index is 0.0153. The van der Waals surface area contributed by atoms with Crippen molar-refractivity contribution in [2.24, 2.45) is 0 Å². The Balaban J connectivity index is 3.38. The molecule has 1 aromatic rings. The van der Waals surface area contributed by atoms with Crippen LogP contribution in [0.1, 0.15) is 20.8 Å². The summed E-state index contributed by atoms with van der Waals surface area (Å²) in [6.07, 6.45) is 0. The van der Waals surface area contributed by atoms with Gasteiger partial charge in [0.25, 0.3) is 10.0 Å². The average molecular weight is 361 g/mol. The van der Waals surface area contributed by atoms with Crippen molar-refractivity contribution in [2.45, 2.75) is 31.2 Å². The summed E-state index contributed by atoms with van der Waals surface area (Å²) < 4.78 is 25.7. The van der Waals surface area contributed by atoms with Crippen LogP contribution in [-0.4, -0.2) is 17.3 Å². The summed E-state index contributed by atoms with van der Waals surface area (Å²) in [5.74, 6) is 0. The molecule has 0 unspecified atom stereocenters. The Morgan fingerprint density at radius 2 is 1.76 bits per heavy atom. The molecule has 17 heavy (non-hydrogen) atoms. The standard InChI is InChI=1S/C10H12BrCl2NO2S/c1-10(2,3)14(11)17(15,16)8-6-4-5-7(12)9(8)13/h4-6H,1-3H3. The van der Waals surface area contributed by atoms with Crippen molar-refractivity contribution in [3.05, 3.63) is 28.2 Å². The van der Waals surface area contributed by atoms with Crippen LogP contribution in [0.5, 0.6) is 0 Å². The van der Waals surface area contributed by atoms with Gasteiger partial charge in [-0.15, -0.1) is 3.33 Å². The first kappa shape index (κ1) is 15.2. The zero-order valence-corrected chi connectivity index (χ0v) is 13.5. The van der Waals surface area contributed by atoms with E-state index < -0.39 is 15.6 Å². The van der Waals surface area contributed by atoms with Gasteiger partial charge >= 0.3 is 0 Å². The molecular weight excluding hydrogens is 349 g/mol. The smallest absolute Gasteiger partial charge is 0.206 e. The highest BCUT2D eigenvalue weighted by molar-refractivity contribution is 9.08. The molecule has 3 nitrogen and oxygen atoms in total. The fourth-order valence-electron chi connectivity index (χ4n) is 1.13. The Morgan fingerprint density at radius 3 is 2.24 bits per heavy atom. The summed E-state index contributed by atoms with van der Waals surface area (Å²) in [5, 5.41) is 0.241. The van der Waals surface area contributed by atoms with Crippen molar-refractivity contribution in [2.75, 3.05) is 0 Å². The Bertz CT molecular complexity index is 526. The van der Waals surface area contributed by atoms with Crippen molar-refractivity contribution in [1.29, 1.82) is 0 Å². The van der Waals surface area contributed by atoms with E-state index in [-0.39, 0.29) is 14.9 Å². The van der Waals surface area contributed by atoms with Gasteiger partial charge in [0, 0.05) is 21.7 Å². The topological polar surface area (TPSA) is 37.4 Å². The van der Waals surface area contributed by atoms with Gasteiger partial charge in [0.15, 0.2) is 0 Å². The van der Waals surface area contributed by atoms with E-state index in [1.165, 1.54) is 6.07 Å². The lowest BCUT2D eigenvalue weighted by Crippen LogP contribution is -2.38. The van der Waals surface area contributed by atoms with E-state index in [1.807, 2.05) is 0 Å². The van der Waals surface area contributed by atoms with Crippen LogP contribution >= 0.6 is 39.3 Å². The first-order valence-corrected chi connectivity index (χ1v) is 7.64. The molecule has 0 aromatic heterocycles. The molecule has 7 heteroatoms. The normalized spacial score (nSPS) is 13.1. The summed E-state index contributed by atoms with van der Waals surface area (Å²) >= 11 is 14.8. The first-order chi connectivity index (χ1) is 7.58. The molecule has 0 aliphatic heterocycles. The molecule has 0 saturated carbocycles. The van der Waals surface area contributed by atoms with Crippen LogP contribution in [0, 0.1) is 0 Å². The van der Waals surface area contributed by atoms with Gasteiger partial charge in [-0.05, 0) is 32.9 Å². The number of benzene rings is 1. The second kappa shape index (κ2) is 5.05. The van der Waals surface area contributed by atoms with E-state index in [4.69, 9.17) is 23.2 Å². The molecule has 0 fully saturated rings. The lowest BCUT2D eigenvalue weighted by atomic mass is 10.1. The number of rotatable bonds is 2. The van der Waals surface area contributed by atoms with E-state index in [0.717, 1.165) is 3.33 Å². The van der Waals surface area contributed by atoms with Crippen LogP contribution in [0.4, 0.5) is 0 Å². The molecule has 0 atom stereocenters. The van der Waals surface area contributed by atoms with E-state index in [1.54, 1.807) is 32.9 Å². The Labute approximate surface area is 120 Å². The molecule has 1 rings (SSSR count). The summed E-state index contributed by atoms with van der Waals surface area (Å²) in [7, 11) is -3.72. The third-order valence-electron chi connectivity index (χ3n) is 1.93. The minimum Gasteiger partial charge on any atom is -0.206 e. The summed E-state index contributed by atoms with van der Waals surface area (Å²) in [6, 6.07) is 4.51. The van der Waals surface area contributed by atoms with Crippen molar-refractivity contribution in [1.82, 2.24) is 3.33 Å². The highest BCUT2D eigenvalue weighted by Gasteiger charge is 2.34. The fourth-order valence-corrected chi connectivity index (χ4v) is 3.73. The zero-order valence-electron chi connectivity index (χ0n) is 9.54. The number of halogens is 3. The lowest BCUT2D eigenvalue weighted by Gasteiger charge is -2.28. The van der Waals surface area contributed by atoms with Crippen molar-refractivity contribution in [3.63, 3.8) is 0 Å². The number of nitrogens with zero attached hydrogens (tertiary/aromatic N) is 1. The predicted molar refractivity (Wildman–Crippen MR) is 74.2 cm³/mol. The van der Waals surface area contributed by atoms with Gasteiger partial charge in [-0.1, -0.05) is 29.3 Å². The van der Waals surface area contributed by atoms with Gasteiger partial charge in [-0.2, -0.15) is 0 Å². The van der Waals surface area contributed by atoms with Gasteiger partial charge in [-0.3, -0.25) is 0 Å². The fraction of sp³-hybridized carbons (Fsp3) is 0.400. The molecule has 0 amide bonds. The average Bonchev–Trinajstić information content (AvgIpc) is 2.19. The number of hydrogen-bond donors (Lipinski definition) is 0. The van der Waals surface area contributed by atoms with Crippen molar-refractivity contribution < 1.29 is 8.42 Å². The first-order valence-electron chi connectivity index (χ1n) is 4.73. The molecule has 0 radical (unpaired) electrons. The molecule has 0 spiro atoms. The highest BCUT2D eigenvalue weighted by atomic mass is 79.9. The van der Waals surface area contributed by atoms with Gasteiger partial charge < -0.3 is 0 Å². The quantitative estimate of drug-likeness (QED) is 0.744. The van der Waals surface area contributed by atoms with Gasteiger partial charge in [0.2, 0.25) is 0 Å². The largest absolute Gasteiger partial charge is 0.254 e. The SMILES string of the molecule is CC(C)(C)N(Br)S(=O)(=O)c1cccc(Cl)c1Cl. The summed E-state index contributed by atoms with van der Waals surface area (Å²) in [4.78, 5) is -0.0153. The maximum Gasteiger partial charge on any atom is 0.254 e. The lowest BCUT2D eigenvalue weighted by molar-refractivity contribution is 0.388. The molecule has 0 heterocycles. The van der Waals surface area contributed by atoms with Crippen LogP contribution < -0.4 is 0 Å². The highest BCUT2D eigenvalue weighted by Crippen LogP contribution is 2.34. The second-order valence-corrected chi connectivity index (χ2v) is 8.16. The molecule has 0 N–H and O–H groups in total. The van der Waals surface area contributed by atoms with Gasteiger partial charge in [0.1, 0.15) is 4.90 Å². The Kier molecular flexibility index (Phi) is 4.53. The predicted octanol–water partition coefficient (Wildman–Crippen LogP) is 4.09. The molecule has 1 aromatic carbocycles. The maximum absolute atomic E-state index is 12.3. The maximum atomic E-state index is 12.3. The molecule has 0 aliphatic carbocycles. The molecule has 0 aliphatic rings. The van der Waals surface area contributed by atoms with E-state index in [9.17, 15) is 8.42 Å². The minimum atomic E-state index is -3.72. The number of sulfonamides is 1. The summed E-state index contributed by atoms with van der Waals surface area (Å²) in [5.41, 5.74) is -0.607. The van der Waals surface area contributed by atoms with Crippen LogP contribution in [0.15, 0.2) is 23.1 Å². The van der Waals surface area contributed by atoms with Gasteiger partial charge in [-0.25, -0.2) is 8.42 Å². The van der Waals surface area contributed by atoms with E-state index in [0.29, 0.717) is 0 Å². The van der Waals surface area contributed by atoms with Gasteiger partial charge in [0.05, 0.1) is 10.0 Å². The third-order valence-corrected chi connectivity index (χ3v) is 6.94. The third kappa shape index (κ3) is 3.15. The number of hydrogen-bond acceptors (Lipinski definition) is 2. The van der Waals surface area contributed by atoms with Crippen molar-refractivity contribution >= 4 is 49.4 Å². The Hall–Kier alpha value is 0.190. The Morgan fingerprint density at radius 1 is 1.24 bits per heavy atom. The van der Waals surface area contributed by atoms with Crippen LogP contribution in [0.2, 0.25) is 10.0 Å². The van der Waals surface area contributed by atoms with Crippen LogP contribution in [0.3, 0.4) is 0 Å². The summed E-state index contributed by atoms with van der Waals surface area (Å²) in [6.45, 7) is 5.28. The molecule has 96 valence electrons. The molecular formula is C10H12BrCl2NO2S. The van der Waals surface area contributed by atoms with Crippen LogP contribution in [0.25, 0.3) is 0 Å².